The first-order chi connectivity index (χ1) is 18.6. The van der Waals surface area contributed by atoms with Crippen molar-refractivity contribution in [3.63, 3.8) is 0 Å². The summed E-state index contributed by atoms with van der Waals surface area (Å²) < 4.78 is 6.97. The van der Waals surface area contributed by atoms with E-state index in [0.29, 0.717) is 12.1 Å². The van der Waals surface area contributed by atoms with E-state index >= 15 is 0 Å². The summed E-state index contributed by atoms with van der Waals surface area (Å²) in [6.07, 6.45) is -0.913. The number of aromatic nitrogens is 3. The van der Waals surface area contributed by atoms with Crippen LogP contribution in [0.5, 0.6) is 0 Å². The Bertz CT molecular complexity index is 1520. The zero-order valence-corrected chi connectivity index (χ0v) is 22.0. The number of carbonyl (C=O) groups excluding carboxylic acids is 1. The number of fused-ring (bicyclic) bond motifs is 5. The van der Waals surface area contributed by atoms with Crippen molar-refractivity contribution in [2.45, 2.75) is 51.4 Å². The maximum atomic E-state index is 12.1. The lowest BCUT2D eigenvalue weighted by Crippen LogP contribution is -2.44. The largest absolute Gasteiger partial charge is 0.480 e. The van der Waals surface area contributed by atoms with Crippen molar-refractivity contribution in [2.24, 2.45) is 0 Å². The van der Waals surface area contributed by atoms with Crippen LogP contribution in [0, 0.1) is 0 Å². The molecular formula is C30H30N4O5. The van der Waals surface area contributed by atoms with Crippen LogP contribution < -0.4 is 5.32 Å². The van der Waals surface area contributed by atoms with Crippen molar-refractivity contribution in [1.29, 1.82) is 0 Å². The quantitative estimate of drug-likeness (QED) is 0.344. The van der Waals surface area contributed by atoms with Crippen molar-refractivity contribution in [3.8, 4) is 28.2 Å². The van der Waals surface area contributed by atoms with E-state index in [4.69, 9.17) is 4.74 Å². The van der Waals surface area contributed by atoms with Gasteiger partial charge in [0.2, 0.25) is 0 Å². The Morgan fingerprint density at radius 1 is 1.03 bits per heavy atom. The van der Waals surface area contributed by atoms with Gasteiger partial charge in [-0.05, 0) is 49.6 Å². The van der Waals surface area contributed by atoms with Crippen LogP contribution in [0.2, 0.25) is 0 Å². The zero-order valence-electron chi connectivity index (χ0n) is 22.0. The van der Waals surface area contributed by atoms with Gasteiger partial charge in [-0.1, -0.05) is 65.9 Å². The summed E-state index contributed by atoms with van der Waals surface area (Å²) in [6, 6.07) is 21.7. The molecule has 39 heavy (non-hydrogen) atoms. The highest BCUT2D eigenvalue weighted by Gasteiger charge is 2.28. The minimum absolute atomic E-state index is 0.0818. The molecule has 0 bridgehead atoms. The molecule has 0 saturated carbocycles. The number of amides is 1. The molecule has 0 fully saturated rings. The number of aliphatic hydroxyl groups is 1. The van der Waals surface area contributed by atoms with Crippen molar-refractivity contribution < 1.29 is 24.5 Å². The van der Waals surface area contributed by atoms with Gasteiger partial charge in [0.15, 0.2) is 0 Å². The SMILES string of the molecule is CC(C)(C)OC(=O)NC(Cc1ccc(-n2nnc3c2-c2ccccc2CC(O)c2ccccc2-3)cc1)C(=O)O. The van der Waals surface area contributed by atoms with Crippen LogP contribution in [0.25, 0.3) is 28.2 Å². The number of hydrogen-bond acceptors (Lipinski definition) is 6. The number of nitrogens with one attached hydrogen (secondary N) is 1. The molecule has 0 radical (unpaired) electrons. The summed E-state index contributed by atoms with van der Waals surface area (Å²) >= 11 is 0. The molecule has 4 aromatic rings. The van der Waals surface area contributed by atoms with Crippen molar-refractivity contribution in [1.82, 2.24) is 20.3 Å². The standard InChI is InChI=1S/C30H30N4O5/c1-30(2,3)39-29(38)31-24(28(36)37)16-18-12-14-20(15-13-18)34-27-21-9-5-4-8-19(21)17-25(35)22-10-6-7-11-23(22)26(27)32-33-34/h4-15,24-25,35H,16-17H2,1-3H3,(H,31,38)(H,36,37). The molecule has 2 unspecified atom stereocenters. The number of carboxylic acids is 1. The second kappa shape index (κ2) is 10.3. The third-order valence-corrected chi connectivity index (χ3v) is 6.54. The molecule has 0 spiro atoms. The Hall–Kier alpha value is -4.50. The Labute approximate surface area is 226 Å². The van der Waals surface area contributed by atoms with E-state index in [1.807, 2.05) is 72.8 Å². The normalized spacial score (nSPS) is 15.1. The van der Waals surface area contributed by atoms with Gasteiger partial charge in [-0.2, -0.15) is 0 Å². The number of ether oxygens (including phenoxy) is 1. The highest BCUT2D eigenvalue weighted by molar-refractivity contribution is 5.83. The monoisotopic (exact) mass is 526 g/mol. The lowest BCUT2D eigenvalue weighted by molar-refractivity contribution is -0.139. The van der Waals surface area contributed by atoms with E-state index in [0.717, 1.165) is 39.2 Å². The number of benzene rings is 3. The number of aliphatic carboxylic acids is 1. The molecule has 200 valence electrons. The van der Waals surface area contributed by atoms with Gasteiger partial charge in [0.05, 0.1) is 11.8 Å². The lowest BCUT2D eigenvalue weighted by Gasteiger charge is -2.22. The van der Waals surface area contributed by atoms with Gasteiger partial charge >= 0.3 is 12.1 Å². The molecule has 1 heterocycles. The number of alkyl carbamates (subject to hydrolysis) is 1. The van der Waals surface area contributed by atoms with Gasteiger partial charge < -0.3 is 20.3 Å². The minimum Gasteiger partial charge on any atom is -0.480 e. The molecular weight excluding hydrogens is 496 g/mol. The third-order valence-electron chi connectivity index (χ3n) is 6.54. The molecule has 1 aliphatic rings. The Morgan fingerprint density at radius 2 is 1.69 bits per heavy atom. The fourth-order valence-corrected chi connectivity index (χ4v) is 4.80. The van der Waals surface area contributed by atoms with Crippen LogP contribution in [0.15, 0.2) is 72.8 Å². The predicted molar refractivity (Wildman–Crippen MR) is 145 cm³/mol. The van der Waals surface area contributed by atoms with Crippen LogP contribution in [0.1, 0.15) is 43.6 Å². The highest BCUT2D eigenvalue weighted by Crippen LogP contribution is 2.41. The second-order valence-corrected chi connectivity index (χ2v) is 10.6. The molecule has 1 aliphatic carbocycles. The summed E-state index contributed by atoms with van der Waals surface area (Å²) in [7, 11) is 0. The first-order valence-electron chi connectivity index (χ1n) is 12.7. The third kappa shape index (κ3) is 5.53. The summed E-state index contributed by atoms with van der Waals surface area (Å²) in [6.45, 7) is 5.15. The van der Waals surface area contributed by atoms with Crippen LogP contribution in [0.4, 0.5) is 4.79 Å². The summed E-state index contributed by atoms with van der Waals surface area (Å²) in [5.74, 6) is -1.15. The maximum Gasteiger partial charge on any atom is 0.408 e. The fourth-order valence-electron chi connectivity index (χ4n) is 4.80. The average molecular weight is 527 g/mol. The van der Waals surface area contributed by atoms with E-state index in [1.165, 1.54) is 0 Å². The number of rotatable bonds is 5. The topological polar surface area (TPSA) is 127 Å². The first kappa shape index (κ1) is 26.1. The number of carboxylic acid groups (broad SMARTS) is 1. The Kier molecular flexibility index (Phi) is 6.93. The molecule has 0 saturated heterocycles. The molecule has 9 heteroatoms. The molecule has 3 N–H and O–H groups in total. The molecule has 1 amide bonds. The molecule has 5 rings (SSSR count). The summed E-state index contributed by atoms with van der Waals surface area (Å²) in [4.78, 5) is 23.9. The fraction of sp³-hybridized carbons (Fsp3) is 0.267. The minimum atomic E-state index is -1.15. The molecule has 3 aromatic carbocycles. The lowest BCUT2D eigenvalue weighted by atomic mass is 9.87. The molecule has 0 aliphatic heterocycles. The number of nitrogens with zero attached hydrogens (tertiary/aromatic N) is 3. The first-order valence-corrected chi connectivity index (χ1v) is 12.7. The Morgan fingerprint density at radius 3 is 2.38 bits per heavy atom. The average Bonchev–Trinajstić information content (AvgIpc) is 3.31. The van der Waals surface area contributed by atoms with Crippen LogP contribution >= 0.6 is 0 Å². The number of hydrogen-bond donors (Lipinski definition) is 3. The van der Waals surface area contributed by atoms with E-state index in [2.05, 4.69) is 15.6 Å². The zero-order chi connectivity index (χ0) is 27.7. The summed E-state index contributed by atoms with van der Waals surface area (Å²) in [5.41, 5.74) is 5.76. The maximum absolute atomic E-state index is 12.1. The molecule has 2 atom stereocenters. The van der Waals surface area contributed by atoms with Gasteiger partial charge in [-0.25, -0.2) is 14.3 Å². The Balaban J connectivity index is 1.48. The van der Waals surface area contributed by atoms with Gasteiger partial charge in [0, 0.05) is 24.0 Å². The smallest absolute Gasteiger partial charge is 0.408 e. The van der Waals surface area contributed by atoms with Gasteiger partial charge in [-0.15, -0.1) is 5.10 Å². The molecule has 1 aromatic heterocycles. The summed E-state index contributed by atoms with van der Waals surface area (Å²) in [5, 5.41) is 32.1. The van der Waals surface area contributed by atoms with Crippen molar-refractivity contribution >= 4 is 12.1 Å². The number of carbonyl (C=O) groups is 2. The van der Waals surface area contributed by atoms with E-state index in [-0.39, 0.29) is 6.42 Å². The van der Waals surface area contributed by atoms with Crippen molar-refractivity contribution in [3.05, 3.63) is 89.5 Å². The predicted octanol–water partition coefficient (Wildman–Crippen LogP) is 4.71. The van der Waals surface area contributed by atoms with Crippen LogP contribution in [0.3, 0.4) is 0 Å². The van der Waals surface area contributed by atoms with Crippen molar-refractivity contribution in [2.75, 3.05) is 0 Å². The van der Waals surface area contributed by atoms with Crippen LogP contribution in [-0.4, -0.2) is 48.9 Å². The molecule has 9 nitrogen and oxygen atoms in total. The van der Waals surface area contributed by atoms with Gasteiger partial charge in [0.25, 0.3) is 0 Å². The van der Waals surface area contributed by atoms with E-state index in [9.17, 15) is 19.8 Å². The van der Waals surface area contributed by atoms with E-state index in [1.54, 1.807) is 25.5 Å². The van der Waals surface area contributed by atoms with E-state index < -0.39 is 29.8 Å². The van der Waals surface area contributed by atoms with Gasteiger partial charge in [-0.3, -0.25) is 0 Å². The highest BCUT2D eigenvalue weighted by atomic mass is 16.6. The van der Waals surface area contributed by atoms with Gasteiger partial charge in [0.1, 0.15) is 23.0 Å². The van der Waals surface area contributed by atoms with Crippen LogP contribution in [-0.2, 0) is 22.4 Å². The second-order valence-electron chi connectivity index (χ2n) is 10.6. The number of aliphatic hydroxyl groups excluding tert-OH is 1.